The highest BCUT2D eigenvalue weighted by molar-refractivity contribution is 6.74. The summed E-state index contributed by atoms with van der Waals surface area (Å²) in [5.74, 6) is 0.207. The first-order valence-electron chi connectivity index (χ1n) is 12.4. The van der Waals surface area contributed by atoms with E-state index < -0.39 is 8.32 Å². The molecule has 32 heavy (non-hydrogen) atoms. The van der Waals surface area contributed by atoms with Crippen molar-refractivity contribution in [2.24, 2.45) is 5.41 Å². The molecular weight excluding hydrogens is 414 g/mol. The van der Waals surface area contributed by atoms with Crippen LogP contribution in [0.4, 0.5) is 0 Å². The molecule has 1 spiro atoms. The predicted molar refractivity (Wildman–Crippen MR) is 133 cm³/mol. The smallest absolute Gasteiger partial charge is 0.192 e. The van der Waals surface area contributed by atoms with Crippen molar-refractivity contribution in [2.45, 2.75) is 103 Å². The van der Waals surface area contributed by atoms with Gasteiger partial charge in [-0.3, -0.25) is 9.78 Å². The Kier molecular flexibility index (Phi) is 6.32. The van der Waals surface area contributed by atoms with Crippen molar-refractivity contribution < 1.29 is 14.0 Å². The lowest BCUT2D eigenvalue weighted by Crippen LogP contribution is -2.46. The summed E-state index contributed by atoms with van der Waals surface area (Å²) in [5, 5.41) is 0.133. The molecule has 0 saturated heterocycles. The fourth-order valence-corrected chi connectivity index (χ4v) is 6.70. The van der Waals surface area contributed by atoms with Crippen molar-refractivity contribution in [2.75, 3.05) is 13.2 Å². The fraction of sp³-hybridized carbons (Fsp3) is 0.704. The normalized spacial score (nSPS) is 23.0. The third-order valence-corrected chi connectivity index (χ3v) is 13.0. The summed E-state index contributed by atoms with van der Waals surface area (Å²) in [6.45, 7) is 17.2. The summed E-state index contributed by atoms with van der Waals surface area (Å²) in [6.07, 6.45) is 10.0. The van der Waals surface area contributed by atoms with Gasteiger partial charge in [-0.2, -0.15) is 0 Å². The maximum absolute atomic E-state index is 12.5. The zero-order chi connectivity index (χ0) is 23.3. The molecule has 1 aliphatic heterocycles. The molecule has 4 nitrogen and oxygen atoms in total. The van der Waals surface area contributed by atoms with E-state index in [-0.39, 0.29) is 17.1 Å². The number of pyridine rings is 1. The second-order valence-corrected chi connectivity index (χ2v) is 16.8. The molecule has 1 aromatic rings. The van der Waals surface area contributed by atoms with Crippen LogP contribution >= 0.6 is 0 Å². The highest BCUT2D eigenvalue weighted by Crippen LogP contribution is 2.57. The van der Waals surface area contributed by atoms with Crippen molar-refractivity contribution in [3.63, 3.8) is 0 Å². The first-order valence-corrected chi connectivity index (χ1v) is 15.4. The SMILES string of the molecule is CC(C)c1nc2c(c(C3=CCOCC3)c1C=O)C(O[Si](C)(C)C(C)(C)C)CC1(CCC1)C2. The van der Waals surface area contributed by atoms with Crippen molar-refractivity contribution in [1.29, 1.82) is 0 Å². The Balaban J connectivity index is 1.94. The van der Waals surface area contributed by atoms with E-state index in [2.05, 4.69) is 53.8 Å². The van der Waals surface area contributed by atoms with Gasteiger partial charge in [0.15, 0.2) is 14.6 Å². The Hall–Kier alpha value is -1.30. The van der Waals surface area contributed by atoms with Gasteiger partial charge >= 0.3 is 0 Å². The number of rotatable bonds is 5. The van der Waals surface area contributed by atoms with E-state index in [1.165, 1.54) is 36.1 Å². The number of carbonyl (C=O) groups is 1. The number of fused-ring (bicyclic) bond motifs is 1. The molecule has 1 atom stereocenters. The van der Waals surface area contributed by atoms with Crippen LogP contribution < -0.4 is 0 Å². The molecule has 1 fully saturated rings. The summed E-state index contributed by atoms with van der Waals surface area (Å²) < 4.78 is 12.8. The number of aromatic nitrogens is 1. The monoisotopic (exact) mass is 455 g/mol. The average Bonchev–Trinajstić information content (AvgIpc) is 2.70. The van der Waals surface area contributed by atoms with E-state index in [0.717, 1.165) is 42.4 Å². The van der Waals surface area contributed by atoms with Gasteiger partial charge in [0.25, 0.3) is 0 Å². The van der Waals surface area contributed by atoms with E-state index in [1.807, 2.05) is 0 Å². The molecular formula is C27H41NO3Si. The molecule has 176 valence electrons. The lowest BCUT2D eigenvalue weighted by atomic mass is 9.59. The van der Waals surface area contributed by atoms with Crippen LogP contribution in [0.2, 0.25) is 18.1 Å². The van der Waals surface area contributed by atoms with Crippen molar-refractivity contribution in [3.8, 4) is 0 Å². The zero-order valence-corrected chi connectivity index (χ0v) is 22.1. The minimum Gasteiger partial charge on any atom is -0.410 e. The molecule has 1 saturated carbocycles. The molecule has 0 aromatic carbocycles. The Morgan fingerprint density at radius 2 is 2.00 bits per heavy atom. The second-order valence-electron chi connectivity index (χ2n) is 12.1. The summed E-state index contributed by atoms with van der Waals surface area (Å²) in [6, 6.07) is 0. The quantitative estimate of drug-likeness (QED) is 0.354. The van der Waals surface area contributed by atoms with Crippen LogP contribution in [0, 0.1) is 5.41 Å². The van der Waals surface area contributed by atoms with E-state index in [9.17, 15) is 4.79 Å². The molecule has 0 N–H and O–H groups in total. The standard InChI is InChI=1S/C27H41NO3Si/c1-18(2)25-20(17-29)23(19-9-13-30-14-10-19)24-21(28-25)15-27(11-8-12-27)16-22(24)31-32(6,7)26(3,4)5/h9,17-18,22H,8,10-16H2,1-7H3. The number of nitrogens with zero attached hydrogens (tertiary/aromatic N) is 1. The number of ether oxygens (including phenoxy) is 1. The van der Waals surface area contributed by atoms with Crippen molar-refractivity contribution in [3.05, 3.63) is 34.2 Å². The Labute approximate surface area is 195 Å². The van der Waals surface area contributed by atoms with Crippen LogP contribution in [-0.2, 0) is 15.6 Å². The summed E-state index contributed by atoms with van der Waals surface area (Å²) in [4.78, 5) is 17.7. The van der Waals surface area contributed by atoms with E-state index >= 15 is 0 Å². The summed E-state index contributed by atoms with van der Waals surface area (Å²) in [5.41, 5.74) is 6.82. The predicted octanol–water partition coefficient (Wildman–Crippen LogP) is 7.00. The zero-order valence-electron chi connectivity index (χ0n) is 21.1. The van der Waals surface area contributed by atoms with Gasteiger partial charge in [0.1, 0.15) is 0 Å². The van der Waals surface area contributed by atoms with Crippen LogP contribution in [0.5, 0.6) is 0 Å². The molecule has 4 rings (SSSR count). The van der Waals surface area contributed by atoms with Gasteiger partial charge in [-0.25, -0.2) is 0 Å². The molecule has 2 aliphatic carbocycles. The average molecular weight is 456 g/mol. The molecule has 2 heterocycles. The Morgan fingerprint density at radius 1 is 1.28 bits per heavy atom. The fourth-order valence-electron chi connectivity index (χ4n) is 5.44. The van der Waals surface area contributed by atoms with Gasteiger partial charge in [0.05, 0.1) is 25.0 Å². The summed E-state index contributed by atoms with van der Waals surface area (Å²) >= 11 is 0. The number of hydrogen-bond donors (Lipinski definition) is 0. The first kappa shape index (κ1) is 23.8. The number of hydrogen-bond acceptors (Lipinski definition) is 4. The largest absolute Gasteiger partial charge is 0.410 e. The minimum absolute atomic E-state index is 0.0195. The molecule has 5 heteroatoms. The number of carbonyl (C=O) groups excluding carboxylic acids is 1. The Bertz CT molecular complexity index is 922. The van der Waals surface area contributed by atoms with Gasteiger partial charge in [-0.15, -0.1) is 0 Å². The highest BCUT2D eigenvalue weighted by Gasteiger charge is 2.49. The van der Waals surface area contributed by atoms with Crippen molar-refractivity contribution in [1.82, 2.24) is 4.98 Å². The number of aldehydes is 1. The molecule has 3 aliphatic rings. The first-order chi connectivity index (χ1) is 15.0. The molecule has 1 unspecified atom stereocenters. The van der Waals surface area contributed by atoms with Gasteiger partial charge in [0.2, 0.25) is 0 Å². The maximum atomic E-state index is 12.5. The van der Waals surface area contributed by atoms with Crippen LogP contribution in [-0.4, -0.2) is 32.8 Å². The highest BCUT2D eigenvalue weighted by atomic mass is 28.4. The van der Waals surface area contributed by atoms with E-state index in [4.69, 9.17) is 14.1 Å². The third kappa shape index (κ3) is 4.17. The molecule has 1 aromatic heterocycles. The molecule has 0 radical (unpaired) electrons. The van der Waals surface area contributed by atoms with Gasteiger partial charge in [-0.05, 0) is 72.7 Å². The minimum atomic E-state index is -2.01. The summed E-state index contributed by atoms with van der Waals surface area (Å²) in [7, 11) is -2.01. The van der Waals surface area contributed by atoms with Gasteiger partial charge in [0, 0.05) is 16.8 Å². The third-order valence-electron chi connectivity index (χ3n) is 8.47. The molecule has 0 bridgehead atoms. The van der Waals surface area contributed by atoms with E-state index in [0.29, 0.717) is 18.6 Å². The Morgan fingerprint density at radius 3 is 2.50 bits per heavy atom. The van der Waals surface area contributed by atoms with Gasteiger partial charge < -0.3 is 9.16 Å². The van der Waals surface area contributed by atoms with Crippen molar-refractivity contribution >= 4 is 20.2 Å². The molecule has 0 amide bonds. The van der Waals surface area contributed by atoms with Crippen LogP contribution in [0.1, 0.15) is 112 Å². The topological polar surface area (TPSA) is 48.4 Å². The lowest BCUT2D eigenvalue weighted by molar-refractivity contribution is 0.0298. The van der Waals surface area contributed by atoms with Crippen LogP contribution in [0.3, 0.4) is 0 Å². The van der Waals surface area contributed by atoms with Crippen LogP contribution in [0.25, 0.3) is 5.57 Å². The second kappa shape index (κ2) is 8.48. The maximum Gasteiger partial charge on any atom is 0.192 e. The van der Waals surface area contributed by atoms with Gasteiger partial charge in [-0.1, -0.05) is 47.1 Å². The van der Waals surface area contributed by atoms with Crippen LogP contribution in [0.15, 0.2) is 6.08 Å². The lowest BCUT2D eigenvalue weighted by Gasteiger charge is -2.51. The van der Waals surface area contributed by atoms with E-state index in [1.54, 1.807) is 0 Å².